The Morgan fingerprint density at radius 3 is 1.19 bits per heavy atom. The van der Waals surface area contributed by atoms with Crippen molar-refractivity contribution in [3.8, 4) is 0 Å². The van der Waals surface area contributed by atoms with E-state index < -0.39 is 100 Å². The standard InChI is InChI=1S/C11H23ClO3Si.C10H21ClO2Si.C7H8O3S.C6H10O5.C5H9ClO3.C5H10O4.C4H6O5.CH2Cl2.CH4O.B.Na.H/c1-11(2,3)16(5,6)15-9(8-12)7-10(13)14-4;1-10(2,3)14(4,5)13-9(8-11)6-7-12;1-6-2-4-7(5-3-6)11(8,9)10;1-10-5(8)3-4(7)6(9)11-2;2*1-9-5(8)2-4(7)3-6;5-2(4(8)9)1-3(6)7;2-1-3;1-2;;;/h9H,7-8H2,1-6H3;7,9H,6,8H2,1-5H3;2-5H,1H3,(H,8,9,10);4,7H,3H2,1-2H3;4,7H,2-3H2,1H3;4,6-7H,2-3H2,1H3;2,5H,1H2,(H,6,7)(H,8,9);1H2;2H,1H3;;;/q;;;;;;;;;;+1;-1/t2*9-;;3*4-;2-;;;;;/m11.1111...../s1. The first-order valence-corrected chi connectivity index (χ1v) is 34.5. The maximum absolute atomic E-state index is 11.2. The van der Waals surface area contributed by atoms with E-state index in [1.807, 2.05) is 6.92 Å². The smallest absolute Gasteiger partial charge is 1.00 e. The molecule has 26 nitrogen and oxygen atoms in total. The van der Waals surface area contributed by atoms with Crippen molar-refractivity contribution in [3.63, 3.8) is 0 Å². The zero-order valence-corrected chi connectivity index (χ0v) is 61.1. The van der Waals surface area contributed by atoms with Crippen LogP contribution in [0.25, 0.3) is 0 Å². The molecule has 86 heavy (non-hydrogen) atoms. The summed E-state index contributed by atoms with van der Waals surface area (Å²) in [6, 6.07) is 5.99. The number of hydrogen-bond donors (Lipinski definition) is 9. The normalized spacial score (nSPS) is 12.5. The molecule has 0 saturated carbocycles. The van der Waals surface area contributed by atoms with E-state index in [1.165, 1.54) is 40.6 Å². The van der Waals surface area contributed by atoms with Gasteiger partial charge in [0.15, 0.2) is 28.8 Å². The Bertz CT molecular complexity index is 2030. The largest absolute Gasteiger partial charge is 1.00 e. The summed E-state index contributed by atoms with van der Waals surface area (Å²) in [4.78, 5) is 82.5. The van der Waals surface area contributed by atoms with Gasteiger partial charge >= 0.3 is 71.3 Å². The maximum Gasteiger partial charge on any atom is 1.00 e. The fourth-order valence-electron chi connectivity index (χ4n) is 3.93. The van der Waals surface area contributed by atoms with Gasteiger partial charge in [-0.3, -0.25) is 28.5 Å². The van der Waals surface area contributed by atoms with Gasteiger partial charge in [-0.25, -0.2) is 9.59 Å². The van der Waals surface area contributed by atoms with Crippen molar-refractivity contribution in [2.45, 2.75) is 165 Å². The average Bonchev–Trinajstić information content (AvgIpc) is 3.40. The van der Waals surface area contributed by atoms with Gasteiger partial charge in [-0.05, 0) is 55.3 Å². The minimum absolute atomic E-state index is 0. The fraction of sp³-hybridized carbons (Fsp3) is 0.720. The molecule has 9 N–H and O–H groups in total. The minimum Gasteiger partial charge on any atom is -1.00 e. The number of rotatable bonds is 23. The van der Waals surface area contributed by atoms with Gasteiger partial charge in [0.1, 0.15) is 6.29 Å². The Labute approximate surface area is 559 Å². The number of aliphatic hydroxyl groups is 6. The molecule has 3 radical (unpaired) electrons. The van der Waals surface area contributed by atoms with Crippen LogP contribution in [-0.4, -0.2) is 236 Å². The summed E-state index contributed by atoms with van der Waals surface area (Å²) < 4.78 is 63.0. The molecular weight excluding hydrogens is 1320 g/mol. The van der Waals surface area contributed by atoms with Crippen LogP contribution in [0, 0.1) is 6.92 Å². The second-order valence-electron chi connectivity index (χ2n) is 19.4. The fourth-order valence-corrected chi connectivity index (χ4v) is 7.81. The third-order valence-corrected chi connectivity index (χ3v) is 21.5. The first-order valence-electron chi connectivity index (χ1n) is 24.6. The van der Waals surface area contributed by atoms with Crippen LogP contribution in [0.4, 0.5) is 0 Å². The second-order valence-corrected chi connectivity index (χ2v) is 32.0. The summed E-state index contributed by atoms with van der Waals surface area (Å²) in [6.07, 6.45) is -5.13. The number of hydrogen-bond acceptors (Lipinski definition) is 23. The number of esters is 5. The molecule has 0 amide bonds. The number of carbonyl (C=O) groups is 8. The van der Waals surface area contributed by atoms with Crippen LogP contribution in [0.2, 0.25) is 36.3 Å². The van der Waals surface area contributed by atoms with Gasteiger partial charge < -0.3 is 79.6 Å². The van der Waals surface area contributed by atoms with Crippen molar-refractivity contribution in [1.29, 1.82) is 0 Å². The van der Waals surface area contributed by atoms with Gasteiger partial charge in [0.25, 0.3) is 10.1 Å². The van der Waals surface area contributed by atoms with Gasteiger partial charge in [0.2, 0.25) is 0 Å². The number of methoxy groups -OCH3 is 5. The molecule has 0 spiro atoms. The Hall–Kier alpha value is -2.28. The molecule has 0 saturated heterocycles. The summed E-state index contributed by atoms with van der Waals surface area (Å²) >= 11 is 26.3. The van der Waals surface area contributed by atoms with Crippen LogP contribution in [0.1, 0.15) is 87.1 Å². The van der Waals surface area contributed by atoms with E-state index in [0.717, 1.165) is 26.1 Å². The number of halogens is 5. The van der Waals surface area contributed by atoms with Crippen LogP contribution in [-0.2, 0) is 81.0 Å². The van der Waals surface area contributed by atoms with Gasteiger partial charge in [-0.1, -0.05) is 59.2 Å². The summed E-state index contributed by atoms with van der Waals surface area (Å²) in [5, 5.41) is 66.0. The third kappa shape index (κ3) is 64.7. The van der Waals surface area contributed by atoms with E-state index in [0.29, 0.717) is 18.2 Å². The number of aryl methyl sites for hydroxylation is 1. The SMILES string of the molecule is CC(C)(C)[Si](C)(C)O[C@@H](CCl)CC=O.CO.COC(=O)C[C@@H](O)C(=O)OC.COC(=O)C[C@@H](O)CCl.COC(=O)C[C@@H](O)CO.COC(=O)C[C@H](CCl)O[Si](C)(C)C(C)(C)C.Cc1ccc(S(=O)(=O)O)cc1.ClCCl.O=C(O)C[C@@H](O)C(=O)O.[B].[H-].[Na+]. The molecule has 6 atom stereocenters. The molecule has 0 aliphatic carbocycles. The zero-order valence-electron chi connectivity index (χ0n) is 53.5. The Kier molecular flexibility index (Phi) is 73.9. The van der Waals surface area contributed by atoms with Crippen molar-refractivity contribution >= 4 is 141 Å². The molecular formula is C50H94BCl5NaO26SSi2. The van der Waals surface area contributed by atoms with E-state index in [9.17, 15) is 46.8 Å². The van der Waals surface area contributed by atoms with E-state index >= 15 is 0 Å². The molecule has 1 aromatic carbocycles. The Morgan fingerprint density at radius 1 is 0.593 bits per heavy atom. The Morgan fingerprint density at radius 2 is 0.930 bits per heavy atom. The topological polar surface area (TPSA) is 417 Å². The van der Waals surface area contributed by atoms with Crippen molar-refractivity contribution < 1.29 is 156 Å². The minimum atomic E-state index is -4.02. The molecule has 503 valence electrons. The summed E-state index contributed by atoms with van der Waals surface area (Å²) in [5.41, 5.74) is 0.956. The van der Waals surface area contributed by atoms with Crippen LogP contribution in [0.5, 0.6) is 0 Å². The number of aliphatic carboxylic acids is 2. The van der Waals surface area contributed by atoms with E-state index in [2.05, 4.69) is 91.4 Å². The van der Waals surface area contributed by atoms with E-state index in [4.69, 9.17) is 112 Å². The number of ether oxygens (including phenoxy) is 5. The number of carbonyl (C=O) groups excluding carboxylic acids is 6. The molecule has 0 aliphatic rings. The van der Waals surface area contributed by atoms with E-state index in [1.54, 1.807) is 12.1 Å². The molecule has 36 heteroatoms. The number of aldehydes is 1. The van der Waals surface area contributed by atoms with Crippen LogP contribution >= 0.6 is 58.0 Å². The monoisotopic (exact) mass is 1410 g/mol. The zero-order chi connectivity index (χ0) is 68.4. The van der Waals surface area contributed by atoms with Crippen LogP contribution in [0.15, 0.2) is 29.2 Å². The number of carboxylic acid groups (broad SMARTS) is 2. The molecule has 0 aliphatic heterocycles. The Balaban J connectivity index is -0.0000000852. The second kappa shape index (κ2) is 60.3. The maximum atomic E-state index is 11.2. The first kappa shape index (κ1) is 105. The van der Waals surface area contributed by atoms with Gasteiger partial charge in [-0.2, -0.15) is 8.42 Å². The van der Waals surface area contributed by atoms with Crippen molar-refractivity contribution in [2.24, 2.45) is 0 Å². The van der Waals surface area contributed by atoms with Gasteiger partial charge in [-0.15, -0.1) is 58.0 Å². The first-order chi connectivity index (χ1) is 38.3. The average molecular weight is 1410 g/mol. The number of alkyl halides is 5. The predicted molar refractivity (Wildman–Crippen MR) is 329 cm³/mol. The quantitative estimate of drug-likeness (QED) is 0.0190. The molecule has 0 heterocycles. The molecule has 1 rings (SSSR count). The van der Waals surface area contributed by atoms with Crippen molar-refractivity contribution in [1.82, 2.24) is 0 Å². The number of aliphatic hydroxyl groups excluding tert-OH is 6. The third-order valence-electron chi connectivity index (χ3n) is 10.5. The molecule has 0 fully saturated rings. The van der Waals surface area contributed by atoms with Crippen molar-refractivity contribution in [2.75, 3.05) is 72.2 Å². The van der Waals surface area contributed by atoms with Crippen LogP contribution < -0.4 is 29.6 Å². The number of benzene rings is 1. The van der Waals surface area contributed by atoms with E-state index in [-0.39, 0.29) is 109 Å². The number of carboxylic acids is 2. The predicted octanol–water partition coefficient (Wildman–Crippen LogP) is 2.43. The van der Waals surface area contributed by atoms with Gasteiger partial charge in [0, 0.05) is 39.6 Å². The molecule has 1 aromatic rings. The summed E-state index contributed by atoms with van der Waals surface area (Å²) in [6.45, 7) is 23.0. The molecule has 0 bridgehead atoms. The molecule has 0 aromatic heterocycles. The summed E-state index contributed by atoms with van der Waals surface area (Å²) in [7, 11) is -0.478. The van der Waals surface area contributed by atoms with Crippen molar-refractivity contribution in [3.05, 3.63) is 29.8 Å². The molecule has 0 unspecified atom stereocenters. The summed E-state index contributed by atoms with van der Waals surface area (Å²) in [5.74, 6) is -4.79. The van der Waals surface area contributed by atoms with Crippen LogP contribution in [0.3, 0.4) is 0 Å². The van der Waals surface area contributed by atoms with Gasteiger partial charge in [0.05, 0.1) is 109 Å².